The predicted molar refractivity (Wildman–Crippen MR) is 116 cm³/mol. The highest BCUT2D eigenvalue weighted by molar-refractivity contribution is 6.03. The first-order valence-electron chi connectivity index (χ1n) is 11.1. The zero-order valence-electron chi connectivity index (χ0n) is 17.2. The van der Waals surface area contributed by atoms with Crippen LogP contribution in [0.2, 0.25) is 0 Å². The van der Waals surface area contributed by atoms with Crippen molar-refractivity contribution in [3.8, 4) is 11.8 Å². The van der Waals surface area contributed by atoms with Crippen molar-refractivity contribution in [2.24, 2.45) is 0 Å². The zero-order valence-corrected chi connectivity index (χ0v) is 17.2. The standard InChI is InChI=1S/C25H27N3O2/c26-17-18-3-1-6-21(15-18)28-24-9-8-23(16-19(24)7-10-25(28)29)30-22-11-13-27(14-12-22)20-4-2-5-20/h1,3,6,8-9,15-16,20,22H,2,4-5,7,10-14H2. The van der Waals surface area contributed by atoms with E-state index in [0.717, 1.165) is 61.1 Å². The first-order chi connectivity index (χ1) is 14.7. The summed E-state index contributed by atoms with van der Waals surface area (Å²) < 4.78 is 6.33. The van der Waals surface area contributed by atoms with Gasteiger partial charge in [-0.3, -0.25) is 9.69 Å². The fraction of sp³-hybridized carbons (Fsp3) is 0.440. The Kier molecular flexibility index (Phi) is 5.18. The van der Waals surface area contributed by atoms with Crippen LogP contribution in [0.25, 0.3) is 0 Å². The van der Waals surface area contributed by atoms with Crippen LogP contribution in [0, 0.1) is 11.3 Å². The third-order valence-electron chi connectivity index (χ3n) is 6.75. The minimum absolute atomic E-state index is 0.0645. The second-order valence-electron chi connectivity index (χ2n) is 8.62. The Labute approximate surface area is 177 Å². The van der Waals surface area contributed by atoms with Crippen molar-refractivity contribution >= 4 is 17.3 Å². The average Bonchev–Trinajstić information content (AvgIpc) is 2.74. The minimum atomic E-state index is 0.0645. The highest BCUT2D eigenvalue weighted by Gasteiger charge is 2.30. The summed E-state index contributed by atoms with van der Waals surface area (Å²) in [4.78, 5) is 17.1. The number of anilines is 2. The quantitative estimate of drug-likeness (QED) is 0.753. The van der Waals surface area contributed by atoms with Crippen LogP contribution < -0.4 is 9.64 Å². The molecule has 0 bridgehead atoms. The Bertz CT molecular complexity index is 984. The van der Waals surface area contributed by atoms with Gasteiger partial charge in [0, 0.05) is 25.6 Å². The van der Waals surface area contributed by atoms with E-state index in [0.29, 0.717) is 12.0 Å². The summed E-state index contributed by atoms with van der Waals surface area (Å²) in [6, 6.07) is 16.3. The molecule has 0 aromatic heterocycles. The lowest BCUT2D eigenvalue weighted by Gasteiger charge is -2.41. The van der Waals surface area contributed by atoms with Crippen LogP contribution in [0.3, 0.4) is 0 Å². The molecule has 1 saturated carbocycles. The van der Waals surface area contributed by atoms with Crippen LogP contribution in [0.5, 0.6) is 5.75 Å². The Morgan fingerprint density at radius 3 is 2.57 bits per heavy atom. The topological polar surface area (TPSA) is 56.6 Å². The molecule has 3 aliphatic rings. The second-order valence-corrected chi connectivity index (χ2v) is 8.62. The van der Waals surface area contributed by atoms with Crippen LogP contribution >= 0.6 is 0 Å². The minimum Gasteiger partial charge on any atom is -0.490 e. The van der Waals surface area contributed by atoms with E-state index in [1.165, 1.54) is 19.3 Å². The van der Waals surface area contributed by atoms with Gasteiger partial charge in [0.15, 0.2) is 0 Å². The fourth-order valence-electron chi connectivity index (χ4n) is 4.84. The van der Waals surface area contributed by atoms with Crippen LogP contribution in [-0.4, -0.2) is 36.0 Å². The normalized spacial score (nSPS) is 20.4. The van der Waals surface area contributed by atoms with Gasteiger partial charge in [0.25, 0.3) is 0 Å². The number of carbonyl (C=O) groups is 1. The van der Waals surface area contributed by atoms with Gasteiger partial charge in [-0.1, -0.05) is 12.5 Å². The molecule has 1 saturated heterocycles. The largest absolute Gasteiger partial charge is 0.490 e. The van der Waals surface area contributed by atoms with Gasteiger partial charge < -0.3 is 9.64 Å². The summed E-state index contributed by atoms with van der Waals surface area (Å²) in [7, 11) is 0. The van der Waals surface area contributed by atoms with Gasteiger partial charge in [-0.15, -0.1) is 0 Å². The first-order valence-corrected chi connectivity index (χ1v) is 11.1. The van der Waals surface area contributed by atoms with Gasteiger partial charge in [-0.25, -0.2) is 0 Å². The number of nitriles is 1. The molecule has 0 spiro atoms. The lowest BCUT2D eigenvalue weighted by atomic mass is 9.90. The molecule has 2 aromatic rings. The zero-order chi connectivity index (χ0) is 20.5. The van der Waals surface area contributed by atoms with Crippen LogP contribution in [-0.2, 0) is 11.2 Å². The third kappa shape index (κ3) is 3.68. The molecule has 30 heavy (non-hydrogen) atoms. The number of carbonyl (C=O) groups excluding carboxylic acids is 1. The molecular weight excluding hydrogens is 374 g/mol. The molecule has 2 aliphatic heterocycles. The predicted octanol–water partition coefficient (Wildman–Crippen LogP) is 4.56. The van der Waals surface area contributed by atoms with E-state index >= 15 is 0 Å². The molecule has 1 aliphatic carbocycles. The number of benzene rings is 2. The summed E-state index contributed by atoms with van der Waals surface area (Å²) in [5.74, 6) is 0.963. The lowest BCUT2D eigenvalue weighted by molar-refractivity contribution is -0.118. The summed E-state index contributed by atoms with van der Waals surface area (Å²) in [6.45, 7) is 2.27. The molecule has 5 nitrogen and oxygen atoms in total. The van der Waals surface area contributed by atoms with Gasteiger partial charge in [-0.05, 0) is 74.1 Å². The van der Waals surface area contributed by atoms with Gasteiger partial charge in [0.05, 0.1) is 23.0 Å². The van der Waals surface area contributed by atoms with Crippen molar-refractivity contribution in [2.75, 3.05) is 18.0 Å². The second kappa shape index (κ2) is 8.12. The molecule has 5 heteroatoms. The van der Waals surface area contributed by atoms with E-state index in [1.54, 1.807) is 17.0 Å². The van der Waals surface area contributed by atoms with Gasteiger partial charge in [0.1, 0.15) is 11.9 Å². The number of ether oxygens (including phenoxy) is 1. The van der Waals surface area contributed by atoms with E-state index in [4.69, 9.17) is 4.74 Å². The summed E-state index contributed by atoms with van der Waals surface area (Å²) in [5.41, 5.74) is 3.33. The maximum atomic E-state index is 12.7. The maximum Gasteiger partial charge on any atom is 0.231 e. The van der Waals surface area contributed by atoms with Gasteiger partial charge >= 0.3 is 0 Å². The van der Waals surface area contributed by atoms with E-state index in [2.05, 4.69) is 17.0 Å². The molecule has 2 fully saturated rings. The molecular formula is C25H27N3O2. The van der Waals surface area contributed by atoms with Crippen molar-refractivity contribution in [3.63, 3.8) is 0 Å². The molecule has 0 N–H and O–H groups in total. The van der Waals surface area contributed by atoms with E-state index in [1.807, 2.05) is 24.3 Å². The number of rotatable bonds is 4. The Morgan fingerprint density at radius 1 is 1.00 bits per heavy atom. The van der Waals surface area contributed by atoms with Crippen molar-refractivity contribution in [3.05, 3.63) is 53.6 Å². The molecule has 2 aromatic carbocycles. The molecule has 0 radical (unpaired) electrons. The number of amides is 1. The Hall–Kier alpha value is -2.84. The van der Waals surface area contributed by atoms with E-state index in [9.17, 15) is 10.1 Å². The number of nitrogens with zero attached hydrogens (tertiary/aromatic N) is 3. The number of likely N-dealkylation sites (tertiary alicyclic amines) is 1. The monoisotopic (exact) mass is 401 g/mol. The first kappa shape index (κ1) is 19.1. The lowest BCUT2D eigenvalue weighted by Crippen LogP contribution is -2.46. The van der Waals surface area contributed by atoms with Crippen molar-refractivity contribution in [2.45, 2.75) is 57.1 Å². The Morgan fingerprint density at radius 2 is 1.83 bits per heavy atom. The maximum absolute atomic E-state index is 12.7. The van der Waals surface area contributed by atoms with E-state index in [-0.39, 0.29) is 12.0 Å². The molecule has 1 amide bonds. The molecule has 2 heterocycles. The SMILES string of the molecule is N#Cc1cccc(N2C(=O)CCc3cc(OC4CCN(C5CCC5)CC4)ccc32)c1. The number of piperidine rings is 1. The highest BCUT2D eigenvalue weighted by Crippen LogP contribution is 2.37. The summed E-state index contributed by atoms with van der Waals surface area (Å²) in [5, 5.41) is 9.20. The number of fused-ring (bicyclic) bond motifs is 1. The molecule has 5 rings (SSSR count). The van der Waals surface area contributed by atoms with Crippen LogP contribution in [0.1, 0.15) is 49.7 Å². The third-order valence-corrected chi connectivity index (χ3v) is 6.75. The van der Waals surface area contributed by atoms with Crippen LogP contribution in [0.15, 0.2) is 42.5 Å². The summed E-state index contributed by atoms with van der Waals surface area (Å²) >= 11 is 0. The smallest absolute Gasteiger partial charge is 0.231 e. The molecule has 154 valence electrons. The highest BCUT2D eigenvalue weighted by atomic mass is 16.5. The van der Waals surface area contributed by atoms with Crippen LogP contribution in [0.4, 0.5) is 11.4 Å². The fourth-order valence-corrected chi connectivity index (χ4v) is 4.84. The number of hydrogen-bond donors (Lipinski definition) is 0. The van der Waals surface area contributed by atoms with Crippen molar-refractivity contribution in [1.82, 2.24) is 4.90 Å². The number of hydrogen-bond acceptors (Lipinski definition) is 4. The van der Waals surface area contributed by atoms with Gasteiger partial charge in [-0.2, -0.15) is 5.26 Å². The van der Waals surface area contributed by atoms with Gasteiger partial charge in [0.2, 0.25) is 5.91 Å². The average molecular weight is 402 g/mol. The summed E-state index contributed by atoms with van der Waals surface area (Å²) in [6.07, 6.45) is 7.74. The molecule has 0 unspecified atom stereocenters. The number of aryl methyl sites for hydroxylation is 1. The van der Waals surface area contributed by atoms with Crippen molar-refractivity contribution in [1.29, 1.82) is 5.26 Å². The Balaban J connectivity index is 1.31. The molecule has 0 atom stereocenters. The van der Waals surface area contributed by atoms with E-state index < -0.39 is 0 Å². The van der Waals surface area contributed by atoms with Crippen molar-refractivity contribution < 1.29 is 9.53 Å².